The molecule has 5 nitrogen and oxygen atoms in total. The molecule has 2 heterocycles. The fraction of sp³-hybridized carbons (Fsp3) is 0.417. The van der Waals surface area contributed by atoms with Gasteiger partial charge in [0.1, 0.15) is 6.04 Å². The SMILES string of the molecule is CCOC(=O)C1NC(=O)CC1c1ncc(Br)cc1Br. The maximum absolute atomic E-state index is 11.9. The van der Waals surface area contributed by atoms with Crippen molar-refractivity contribution in [3.8, 4) is 0 Å². The number of carbonyl (C=O) groups is 2. The molecule has 1 aromatic rings. The number of hydrogen-bond acceptors (Lipinski definition) is 4. The van der Waals surface area contributed by atoms with E-state index in [0.717, 1.165) is 8.95 Å². The lowest BCUT2D eigenvalue weighted by Crippen LogP contribution is -2.38. The predicted octanol–water partition coefficient (Wildman–Crippen LogP) is 2.14. The first-order chi connectivity index (χ1) is 9.02. The van der Waals surface area contributed by atoms with Crippen molar-refractivity contribution in [1.82, 2.24) is 10.3 Å². The summed E-state index contributed by atoms with van der Waals surface area (Å²) in [4.78, 5) is 27.7. The quantitative estimate of drug-likeness (QED) is 0.801. The van der Waals surface area contributed by atoms with Gasteiger partial charge in [0.15, 0.2) is 0 Å². The van der Waals surface area contributed by atoms with Crippen molar-refractivity contribution in [3.63, 3.8) is 0 Å². The van der Waals surface area contributed by atoms with Gasteiger partial charge >= 0.3 is 5.97 Å². The third-order valence-electron chi connectivity index (χ3n) is 2.85. The molecule has 0 saturated carbocycles. The van der Waals surface area contributed by atoms with Crippen LogP contribution in [0, 0.1) is 0 Å². The first kappa shape index (κ1) is 14.5. The Bertz CT molecular complexity index is 522. The lowest BCUT2D eigenvalue weighted by molar-refractivity contribution is -0.146. The van der Waals surface area contributed by atoms with Crippen molar-refractivity contribution in [3.05, 3.63) is 26.9 Å². The highest BCUT2D eigenvalue weighted by Gasteiger charge is 2.41. The van der Waals surface area contributed by atoms with Crippen LogP contribution in [0.2, 0.25) is 0 Å². The average Bonchev–Trinajstić information content (AvgIpc) is 2.71. The Morgan fingerprint density at radius 2 is 2.32 bits per heavy atom. The number of hydrogen-bond donors (Lipinski definition) is 1. The van der Waals surface area contributed by atoms with Crippen LogP contribution in [0.1, 0.15) is 25.0 Å². The van der Waals surface area contributed by atoms with Gasteiger partial charge in [0, 0.05) is 27.5 Å². The fourth-order valence-corrected chi connectivity index (χ4v) is 3.34. The van der Waals surface area contributed by atoms with Crippen molar-refractivity contribution in [1.29, 1.82) is 0 Å². The van der Waals surface area contributed by atoms with E-state index in [2.05, 4.69) is 42.2 Å². The number of amides is 1. The molecular formula is C12H12Br2N2O3. The first-order valence-electron chi connectivity index (χ1n) is 5.80. The Morgan fingerprint density at radius 1 is 1.58 bits per heavy atom. The van der Waals surface area contributed by atoms with E-state index in [4.69, 9.17) is 4.74 Å². The van der Waals surface area contributed by atoms with E-state index in [9.17, 15) is 9.59 Å². The summed E-state index contributed by atoms with van der Waals surface area (Å²) in [6, 6.07) is 1.17. The van der Waals surface area contributed by atoms with E-state index >= 15 is 0 Å². The summed E-state index contributed by atoms with van der Waals surface area (Å²) in [7, 11) is 0. The van der Waals surface area contributed by atoms with Crippen LogP contribution in [0.3, 0.4) is 0 Å². The summed E-state index contributed by atoms with van der Waals surface area (Å²) in [6.45, 7) is 2.02. The van der Waals surface area contributed by atoms with Crippen LogP contribution in [0.4, 0.5) is 0 Å². The van der Waals surface area contributed by atoms with Gasteiger partial charge in [0.05, 0.1) is 12.3 Å². The number of carbonyl (C=O) groups excluding carboxylic acids is 2. The van der Waals surface area contributed by atoms with Crippen molar-refractivity contribution in [2.75, 3.05) is 6.61 Å². The normalized spacial score (nSPS) is 22.2. The average molecular weight is 392 g/mol. The molecule has 1 fully saturated rings. The molecule has 2 unspecified atom stereocenters. The van der Waals surface area contributed by atoms with E-state index in [1.165, 1.54) is 0 Å². The molecule has 1 aliphatic rings. The smallest absolute Gasteiger partial charge is 0.329 e. The minimum absolute atomic E-state index is 0.167. The molecule has 0 bridgehead atoms. The Morgan fingerprint density at radius 3 is 2.95 bits per heavy atom. The molecular weight excluding hydrogens is 380 g/mol. The van der Waals surface area contributed by atoms with Crippen LogP contribution < -0.4 is 5.32 Å². The van der Waals surface area contributed by atoms with Crippen molar-refractivity contribution in [2.24, 2.45) is 0 Å². The highest BCUT2D eigenvalue weighted by molar-refractivity contribution is 9.11. The summed E-state index contributed by atoms with van der Waals surface area (Å²) in [5.41, 5.74) is 0.680. The number of ether oxygens (including phenoxy) is 1. The molecule has 0 spiro atoms. The molecule has 1 aliphatic heterocycles. The molecule has 1 N–H and O–H groups in total. The molecule has 1 saturated heterocycles. The monoisotopic (exact) mass is 390 g/mol. The lowest BCUT2D eigenvalue weighted by atomic mass is 9.96. The van der Waals surface area contributed by atoms with E-state index in [1.54, 1.807) is 13.1 Å². The summed E-state index contributed by atoms with van der Waals surface area (Å²) in [6.07, 6.45) is 1.88. The molecule has 0 radical (unpaired) electrons. The number of rotatable bonds is 3. The number of halogens is 2. The molecule has 19 heavy (non-hydrogen) atoms. The van der Waals surface area contributed by atoms with Crippen molar-refractivity contribution >= 4 is 43.7 Å². The minimum Gasteiger partial charge on any atom is -0.464 e. The summed E-state index contributed by atoms with van der Waals surface area (Å²) >= 11 is 6.73. The van der Waals surface area contributed by atoms with Crippen LogP contribution in [0.15, 0.2) is 21.2 Å². The summed E-state index contributed by atoms with van der Waals surface area (Å²) in [5, 5.41) is 2.64. The summed E-state index contributed by atoms with van der Waals surface area (Å²) < 4.78 is 6.57. The highest BCUT2D eigenvalue weighted by Crippen LogP contribution is 2.33. The number of nitrogens with one attached hydrogen (secondary N) is 1. The van der Waals surface area contributed by atoms with Gasteiger partial charge in [0.25, 0.3) is 0 Å². The topological polar surface area (TPSA) is 68.3 Å². The highest BCUT2D eigenvalue weighted by atomic mass is 79.9. The van der Waals surface area contributed by atoms with Gasteiger partial charge in [-0.25, -0.2) is 4.79 Å². The number of aromatic nitrogens is 1. The zero-order chi connectivity index (χ0) is 14.0. The second-order valence-corrected chi connectivity index (χ2v) is 5.90. The second-order valence-electron chi connectivity index (χ2n) is 4.13. The summed E-state index contributed by atoms with van der Waals surface area (Å²) in [5.74, 6) is -0.899. The standard InChI is InChI=1S/C12H12Br2N2O3/c1-2-19-12(18)11-7(4-9(17)16-11)10-8(14)3-6(13)5-15-10/h3,5,7,11H,2,4H2,1H3,(H,16,17). The van der Waals surface area contributed by atoms with Crippen LogP contribution in [0.25, 0.3) is 0 Å². The van der Waals surface area contributed by atoms with Gasteiger partial charge in [-0.2, -0.15) is 0 Å². The maximum atomic E-state index is 11.9. The number of nitrogens with zero attached hydrogens (tertiary/aromatic N) is 1. The van der Waals surface area contributed by atoms with Gasteiger partial charge in [-0.05, 0) is 44.8 Å². The third-order valence-corrected chi connectivity index (χ3v) is 3.92. The van der Waals surface area contributed by atoms with Gasteiger partial charge in [-0.1, -0.05) is 0 Å². The van der Waals surface area contributed by atoms with Crippen LogP contribution in [0.5, 0.6) is 0 Å². The lowest BCUT2D eigenvalue weighted by Gasteiger charge is -2.17. The number of esters is 1. The molecule has 1 aromatic heterocycles. The van der Waals surface area contributed by atoms with Crippen LogP contribution in [-0.4, -0.2) is 29.5 Å². The van der Waals surface area contributed by atoms with E-state index in [1.807, 2.05) is 6.07 Å². The third kappa shape index (κ3) is 3.14. The zero-order valence-electron chi connectivity index (χ0n) is 10.2. The van der Waals surface area contributed by atoms with Gasteiger partial charge in [-0.3, -0.25) is 9.78 Å². The van der Waals surface area contributed by atoms with Crippen molar-refractivity contribution < 1.29 is 14.3 Å². The second kappa shape index (κ2) is 6.00. The maximum Gasteiger partial charge on any atom is 0.329 e. The Kier molecular flexibility index (Phi) is 4.57. The Hall–Kier alpha value is -0.950. The predicted molar refractivity (Wildman–Crippen MR) is 75.6 cm³/mol. The molecule has 2 rings (SSSR count). The van der Waals surface area contributed by atoms with Crippen LogP contribution in [-0.2, 0) is 14.3 Å². The molecule has 102 valence electrons. The van der Waals surface area contributed by atoms with E-state index in [-0.39, 0.29) is 24.9 Å². The molecule has 0 aromatic carbocycles. The minimum atomic E-state index is -0.669. The first-order valence-corrected chi connectivity index (χ1v) is 7.38. The number of pyridine rings is 1. The van der Waals surface area contributed by atoms with Gasteiger partial charge in [0.2, 0.25) is 5.91 Å². The molecule has 0 aliphatic carbocycles. The van der Waals surface area contributed by atoms with Crippen LogP contribution >= 0.6 is 31.9 Å². The van der Waals surface area contributed by atoms with Gasteiger partial charge < -0.3 is 10.1 Å². The fourth-order valence-electron chi connectivity index (χ4n) is 2.06. The molecule has 1 amide bonds. The van der Waals surface area contributed by atoms with E-state index in [0.29, 0.717) is 5.69 Å². The van der Waals surface area contributed by atoms with Crippen molar-refractivity contribution in [2.45, 2.75) is 25.3 Å². The largest absolute Gasteiger partial charge is 0.464 e. The molecule has 7 heteroatoms. The Balaban J connectivity index is 2.30. The molecule has 2 atom stereocenters. The zero-order valence-corrected chi connectivity index (χ0v) is 13.3. The van der Waals surface area contributed by atoms with E-state index < -0.39 is 12.0 Å². The Labute approximate surface area is 127 Å². The van der Waals surface area contributed by atoms with Gasteiger partial charge in [-0.15, -0.1) is 0 Å².